The standard InChI is InChI=1S/C6H4IOSi/c7-6-4(8)2-1-3-5(6)9/h1-3,8H. The molecule has 45 valence electrons. The Hall–Kier alpha value is -0.0331. The van der Waals surface area contributed by atoms with Gasteiger partial charge in [-0.1, -0.05) is 17.3 Å². The second-order valence-corrected chi connectivity index (χ2v) is 3.26. The molecule has 3 heteroatoms. The van der Waals surface area contributed by atoms with Gasteiger partial charge in [0.25, 0.3) is 0 Å². The lowest BCUT2D eigenvalue weighted by atomic mass is 10.3. The Bertz CT molecular complexity index is 204. The van der Waals surface area contributed by atoms with Gasteiger partial charge in [-0.05, 0) is 28.7 Å². The molecule has 1 rings (SSSR count). The fraction of sp³-hybridized carbons (Fsp3) is 0. The van der Waals surface area contributed by atoms with Crippen molar-refractivity contribution in [1.82, 2.24) is 0 Å². The number of phenols is 1. The van der Waals surface area contributed by atoms with E-state index >= 15 is 0 Å². The maximum absolute atomic E-state index is 9.06. The average molecular weight is 247 g/mol. The molecule has 0 amide bonds. The molecule has 1 aromatic rings. The fourth-order valence-electron chi connectivity index (χ4n) is 0.520. The molecule has 3 radical (unpaired) electrons. The molecular formula is C6H4IOSi. The first-order valence-electron chi connectivity index (χ1n) is 2.41. The number of hydrogen-bond acceptors (Lipinski definition) is 1. The predicted molar refractivity (Wildman–Crippen MR) is 46.2 cm³/mol. The van der Waals surface area contributed by atoms with E-state index in [0.717, 1.165) is 8.76 Å². The summed E-state index contributed by atoms with van der Waals surface area (Å²) in [6.07, 6.45) is 0. The van der Waals surface area contributed by atoms with Crippen LogP contribution in [0, 0.1) is 3.57 Å². The Morgan fingerprint density at radius 2 is 2.11 bits per heavy atom. The smallest absolute Gasteiger partial charge is 0.128 e. The van der Waals surface area contributed by atoms with Crippen LogP contribution in [0.15, 0.2) is 18.2 Å². The first-order chi connectivity index (χ1) is 4.22. The van der Waals surface area contributed by atoms with Crippen LogP contribution in [0.25, 0.3) is 0 Å². The Morgan fingerprint density at radius 1 is 1.44 bits per heavy atom. The van der Waals surface area contributed by atoms with Gasteiger partial charge in [-0.3, -0.25) is 0 Å². The third kappa shape index (κ3) is 1.45. The van der Waals surface area contributed by atoms with Gasteiger partial charge in [0.15, 0.2) is 0 Å². The van der Waals surface area contributed by atoms with Crippen LogP contribution in [0.2, 0.25) is 0 Å². The minimum atomic E-state index is 0.322. The Balaban J connectivity index is 3.25. The highest BCUT2D eigenvalue weighted by Gasteiger charge is 1.96. The van der Waals surface area contributed by atoms with E-state index < -0.39 is 0 Å². The van der Waals surface area contributed by atoms with Gasteiger partial charge >= 0.3 is 0 Å². The van der Waals surface area contributed by atoms with Gasteiger partial charge in [-0.15, -0.1) is 0 Å². The molecule has 0 aromatic heterocycles. The fourth-order valence-corrected chi connectivity index (χ4v) is 1.10. The zero-order valence-electron chi connectivity index (χ0n) is 4.56. The number of aromatic hydroxyl groups is 1. The summed E-state index contributed by atoms with van der Waals surface area (Å²) in [6.45, 7) is 0. The van der Waals surface area contributed by atoms with Crippen molar-refractivity contribution < 1.29 is 5.11 Å². The van der Waals surface area contributed by atoms with Gasteiger partial charge in [0.05, 0.1) is 13.8 Å². The minimum absolute atomic E-state index is 0.322. The van der Waals surface area contributed by atoms with Gasteiger partial charge in [-0.25, -0.2) is 0 Å². The summed E-state index contributed by atoms with van der Waals surface area (Å²) in [7, 11) is 3.33. The van der Waals surface area contributed by atoms with Gasteiger partial charge in [0.1, 0.15) is 5.75 Å². The van der Waals surface area contributed by atoms with Crippen LogP contribution in [-0.4, -0.2) is 15.3 Å². The molecule has 1 N–H and O–H groups in total. The van der Waals surface area contributed by atoms with Crippen LogP contribution in [0.5, 0.6) is 5.75 Å². The molecule has 0 fully saturated rings. The zero-order chi connectivity index (χ0) is 6.85. The summed E-state index contributed by atoms with van der Waals surface area (Å²) in [4.78, 5) is 0. The van der Waals surface area contributed by atoms with Crippen molar-refractivity contribution in [3.05, 3.63) is 21.8 Å². The van der Waals surface area contributed by atoms with E-state index in [1.54, 1.807) is 12.1 Å². The topological polar surface area (TPSA) is 20.2 Å². The molecule has 0 atom stereocenters. The molecule has 0 saturated carbocycles. The van der Waals surface area contributed by atoms with Crippen molar-refractivity contribution >= 4 is 38.0 Å². The lowest BCUT2D eigenvalue weighted by molar-refractivity contribution is 0.472. The van der Waals surface area contributed by atoms with Crippen molar-refractivity contribution in [2.75, 3.05) is 0 Å². The molecule has 1 aromatic carbocycles. The Labute approximate surface area is 70.7 Å². The van der Waals surface area contributed by atoms with E-state index in [-0.39, 0.29) is 0 Å². The van der Waals surface area contributed by atoms with Crippen molar-refractivity contribution in [3.63, 3.8) is 0 Å². The number of hydrogen-bond donors (Lipinski definition) is 1. The van der Waals surface area contributed by atoms with Crippen molar-refractivity contribution in [2.45, 2.75) is 0 Å². The lowest BCUT2D eigenvalue weighted by Crippen LogP contribution is -2.05. The molecule has 0 saturated heterocycles. The molecule has 1 nitrogen and oxygen atoms in total. The predicted octanol–water partition coefficient (Wildman–Crippen LogP) is 0.791. The van der Waals surface area contributed by atoms with Gasteiger partial charge in [0, 0.05) is 0 Å². The molecule has 0 aliphatic heterocycles. The first kappa shape index (κ1) is 7.08. The maximum atomic E-state index is 9.06. The number of rotatable bonds is 0. The summed E-state index contributed by atoms with van der Waals surface area (Å²) in [6, 6.07) is 5.34. The second-order valence-electron chi connectivity index (χ2n) is 1.64. The molecule has 0 spiro atoms. The van der Waals surface area contributed by atoms with E-state index in [2.05, 4.69) is 32.8 Å². The van der Waals surface area contributed by atoms with Crippen LogP contribution in [0.4, 0.5) is 0 Å². The summed E-state index contributed by atoms with van der Waals surface area (Å²) < 4.78 is 0.853. The van der Waals surface area contributed by atoms with Gasteiger partial charge < -0.3 is 5.11 Å². The molecule has 0 aliphatic rings. The number of halogens is 1. The largest absolute Gasteiger partial charge is 0.507 e. The third-order valence-corrected chi connectivity index (χ3v) is 3.04. The van der Waals surface area contributed by atoms with Crippen molar-refractivity contribution in [3.8, 4) is 5.75 Å². The van der Waals surface area contributed by atoms with E-state index in [9.17, 15) is 0 Å². The van der Waals surface area contributed by atoms with Gasteiger partial charge in [0.2, 0.25) is 0 Å². The van der Waals surface area contributed by atoms with Crippen molar-refractivity contribution in [1.29, 1.82) is 0 Å². The monoisotopic (exact) mass is 247 g/mol. The molecule has 0 unspecified atom stereocenters. The third-order valence-electron chi connectivity index (χ3n) is 0.978. The highest BCUT2D eigenvalue weighted by atomic mass is 127. The van der Waals surface area contributed by atoms with E-state index in [1.807, 2.05) is 6.07 Å². The van der Waals surface area contributed by atoms with E-state index in [0.29, 0.717) is 5.75 Å². The Kier molecular flexibility index (Phi) is 2.12. The van der Waals surface area contributed by atoms with Crippen LogP contribution in [-0.2, 0) is 0 Å². The van der Waals surface area contributed by atoms with Crippen LogP contribution >= 0.6 is 22.6 Å². The second kappa shape index (κ2) is 2.70. The first-order valence-corrected chi connectivity index (χ1v) is 3.99. The Morgan fingerprint density at radius 3 is 2.56 bits per heavy atom. The number of phenolic OH excluding ortho intramolecular Hbond substituents is 1. The summed E-state index contributed by atoms with van der Waals surface area (Å²) in [5.41, 5.74) is 0. The SMILES string of the molecule is Oc1cccc([Si])c1I. The summed E-state index contributed by atoms with van der Waals surface area (Å²) >= 11 is 2.07. The van der Waals surface area contributed by atoms with Gasteiger partial charge in [-0.2, -0.15) is 0 Å². The van der Waals surface area contributed by atoms with Crippen LogP contribution in [0.3, 0.4) is 0 Å². The maximum Gasteiger partial charge on any atom is 0.128 e. The molecule has 9 heavy (non-hydrogen) atoms. The average Bonchev–Trinajstić information content (AvgIpc) is 1.83. The number of benzene rings is 1. The molecule has 0 aliphatic carbocycles. The highest BCUT2D eigenvalue weighted by molar-refractivity contribution is 14.1. The lowest BCUT2D eigenvalue weighted by Gasteiger charge is -1.97. The molecule has 0 heterocycles. The summed E-state index contributed by atoms with van der Waals surface area (Å²) in [5, 5.41) is 9.99. The molecule has 0 bridgehead atoms. The molecular weight excluding hydrogens is 243 g/mol. The minimum Gasteiger partial charge on any atom is -0.507 e. The van der Waals surface area contributed by atoms with E-state index in [4.69, 9.17) is 5.11 Å². The van der Waals surface area contributed by atoms with Crippen molar-refractivity contribution in [2.24, 2.45) is 0 Å². The van der Waals surface area contributed by atoms with Crippen LogP contribution in [0.1, 0.15) is 0 Å². The van der Waals surface area contributed by atoms with E-state index in [1.165, 1.54) is 0 Å². The highest BCUT2D eigenvalue weighted by Crippen LogP contribution is 2.14. The normalized spacial score (nSPS) is 9.56. The zero-order valence-corrected chi connectivity index (χ0v) is 7.71. The summed E-state index contributed by atoms with van der Waals surface area (Å²) in [5.74, 6) is 0.322. The van der Waals surface area contributed by atoms with Crippen LogP contribution < -0.4 is 5.19 Å². The quantitative estimate of drug-likeness (QED) is 0.531.